The number of rotatable bonds is 4. The smallest absolute Gasteiger partial charge is 0.346 e. The standard InChI is InChI=1S/C12H14O3S/c13-7-10-6-9(11(16-10)12(14)15)5-8-3-1-2-4-8/h6-8H,1-5H2,(H,14,15). The molecule has 1 N–H and O–H groups in total. The van der Waals surface area contributed by atoms with Crippen LogP contribution in [0, 0.1) is 5.92 Å². The van der Waals surface area contributed by atoms with Crippen LogP contribution in [0.4, 0.5) is 0 Å². The first kappa shape index (κ1) is 11.3. The number of thiophene rings is 1. The Balaban J connectivity index is 2.20. The Kier molecular flexibility index (Phi) is 3.39. The molecule has 0 radical (unpaired) electrons. The van der Waals surface area contributed by atoms with Crippen molar-refractivity contribution in [3.63, 3.8) is 0 Å². The molecule has 1 fully saturated rings. The molecule has 16 heavy (non-hydrogen) atoms. The van der Waals surface area contributed by atoms with Crippen molar-refractivity contribution < 1.29 is 14.7 Å². The van der Waals surface area contributed by atoms with Gasteiger partial charge in [-0.3, -0.25) is 4.79 Å². The summed E-state index contributed by atoms with van der Waals surface area (Å²) in [5, 5.41) is 9.04. The molecule has 1 heterocycles. The first-order valence-corrected chi connectivity index (χ1v) is 6.33. The molecular formula is C12H14O3S. The van der Waals surface area contributed by atoms with Crippen molar-refractivity contribution in [1.29, 1.82) is 0 Å². The number of carboxylic acids is 1. The van der Waals surface area contributed by atoms with E-state index in [1.807, 2.05) is 0 Å². The third kappa shape index (κ3) is 2.32. The summed E-state index contributed by atoms with van der Waals surface area (Å²) in [6, 6.07) is 1.74. The van der Waals surface area contributed by atoms with Gasteiger partial charge in [-0.05, 0) is 24.0 Å². The lowest BCUT2D eigenvalue weighted by Gasteiger charge is -2.07. The van der Waals surface area contributed by atoms with Crippen molar-refractivity contribution in [3.05, 3.63) is 21.4 Å². The molecule has 0 aliphatic heterocycles. The van der Waals surface area contributed by atoms with E-state index in [2.05, 4.69) is 0 Å². The second kappa shape index (κ2) is 4.78. The highest BCUT2D eigenvalue weighted by atomic mass is 32.1. The third-order valence-corrected chi connectivity index (χ3v) is 4.21. The van der Waals surface area contributed by atoms with Gasteiger partial charge >= 0.3 is 5.97 Å². The fraction of sp³-hybridized carbons (Fsp3) is 0.500. The largest absolute Gasteiger partial charge is 0.477 e. The van der Waals surface area contributed by atoms with Gasteiger partial charge in [0, 0.05) is 0 Å². The number of hydrogen-bond donors (Lipinski definition) is 1. The Morgan fingerprint density at radius 2 is 2.19 bits per heavy atom. The molecule has 1 saturated carbocycles. The van der Waals surface area contributed by atoms with E-state index in [4.69, 9.17) is 5.11 Å². The first-order chi connectivity index (χ1) is 7.70. The highest BCUT2D eigenvalue weighted by Gasteiger charge is 2.21. The number of hydrogen-bond acceptors (Lipinski definition) is 3. The zero-order chi connectivity index (χ0) is 11.5. The van der Waals surface area contributed by atoms with E-state index >= 15 is 0 Å². The number of carboxylic acid groups (broad SMARTS) is 1. The van der Waals surface area contributed by atoms with Gasteiger partial charge in [0.25, 0.3) is 0 Å². The van der Waals surface area contributed by atoms with E-state index in [0.717, 1.165) is 29.6 Å². The third-order valence-electron chi connectivity index (χ3n) is 3.12. The Hall–Kier alpha value is -1.16. The molecule has 0 amide bonds. The molecule has 1 aromatic rings. The van der Waals surface area contributed by atoms with Crippen molar-refractivity contribution in [3.8, 4) is 0 Å². The van der Waals surface area contributed by atoms with E-state index in [0.29, 0.717) is 15.7 Å². The van der Waals surface area contributed by atoms with E-state index in [9.17, 15) is 9.59 Å². The number of aldehydes is 1. The minimum atomic E-state index is -0.911. The molecule has 0 bridgehead atoms. The van der Waals surface area contributed by atoms with E-state index < -0.39 is 5.97 Å². The maximum atomic E-state index is 11.0. The van der Waals surface area contributed by atoms with Gasteiger partial charge in [0.15, 0.2) is 6.29 Å². The number of carbonyl (C=O) groups excluding carboxylic acids is 1. The van der Waals surface area contributed by atoms with E-state index in [-0.39, 0.29) is 0 Å². The van der Waals surface area contributed by atoms with Crippen molar-refractivity contribution >= 4 is 23.6 Å². The highest BCUT2D eigenvalue weighted by Crippen LogP contribution is 2.31. The van der Waals surface area contributed by atoms with Gasteiger partial charge in [0.2, 0.25) is 0 Å². The molecule has 1 aromatic heterocycles. The van der Waals surface area contributed by atoms with Gasteiger partial charge in [-0.1, -0.05) is 25.7 Å². The minimum absolute atomic E-state index is 0.342. The summed E-state index contributed by atoms with van der Waals surface area (Å²) in [4.78, 5) is 22.5. The maximum absolute atomic E-state index is 11.0. The van der Waals surface area contributed by atoms with Gasteiger partial charge < -0.3 is 5.11 Å². The lowest BCUT2D eigenvalue weighted by atomic mass is 9.98. The van der Waals surface area contributed by atoms with Crippen LogP contribution in [0.25, 0.3) is 0 Å². The van der Waals surface area contributed by atoms with Crippen LogP contribution in [0.1, 0.15) is 50.6 Å². The normalized spacial score (nSPS) is 16.5. The zero-order valence-corrected chi connectivity index (χ0v) is 9.76. The molecule has 0 saturated heterocycles. The summed E-state index contributed by atoms with van der Waals surface area (Å²) in [7, 11) is 0. The Morgan fingerprint density at radius 3 is 2.75 bits per heavy atom. The van der Waals surface area contributed by atoms with Crippen LogP contribution in [0.2, 0.25) is 0 Å². The van der Waals surface area contributed by atoms with Crippen LogP contribution in [0.5, 0.6) is 0 Å². The Morgan fingerprint density at radius 1 is 1.50 bits per heavy atom. The molecule has 3 nitrogen and oxygen atoms in total. The molecule has 0 aromatic carbocycles. The van der Waals surface area contributed by atoms with Crippen LogP contribution < -0.4 is 0 Å². The van der Waals surface area contributed by atoms with Crippen LogP contribution in [-0.2, 0) is 6.42 Å². The molecule has 0 unspecified atom stereocenters. The quantitative estimate of drug-likeness (QED) is 0.820. The molecule has 0 atom stereocenters. The van der Waals surface area contributed by atoms with Crippen LogP contribution in [-0.4, -0.2) is 17.4 Å². The van der Waals surface area contributed by atoms with Gasteiger partial charge in [-0.2, -0.15) is 0 Å². The fourth-order valence-electron chi connectivity index (χ4n) is 2.37. The van der Waals surface area contributed by atoms with Gasteiger partial charge in [-0.25, -0.2) is 4.79 Å². The summed E-state index contributed by atoms with van der Waals surface area (Å²) in [5.74, 6) is -0.307. The van der Waals surface area contributed by atoms with Gasteiger partial charge in [0.1, 0.15) is 4.88 Å². The van der Waals surface area contributed by atoms with Crippen molar-refractivity contribution in [2.24, 2.45) is 5.92 Å². The molecular weight excluding hydrogens is 224 g/mol. The highest BCUT2D eigenvalue weighted by molar-refractivity contribution is 7.15. The zero-order valence-electron chi connectivity index (χ0n) is 8.94. The molecule has 1 aliphatic carbocycles. The van der Waals surface area contributed by atoms with Crippen LogP contribution >= 0.6 is 11.3 Å². The van der Waals surface area contributed by atoms with Crippen LogP contribution in [0.15, 0.2) is 6.07 Å². The number of carbonyl (C=O) groups is 2. The molecule has 0 spiro atoms. The average Bonchev–Trinajstić information content (AvgIpc) is 2.87. The van der Waals surface area contributed by atoms with Crippen LogP contribution in [0.3, 0.4) is 0 Å². The second-order valence-corrected chi connectivity index (χ2v) is 5.36. The van der Waals surface area contributed by atoms with Crippen molar-refractivity contribution in [1.82, 2.24) is 0 Å². The van der Waals surface area contributed by atoms with E-state index in [1.165, 1.54) is 25.7 Å². The summed E-state index contributed by atoms with van der Waals surface area (Å²) < 4.78 is 0. The molecule has 86 valence electrons. The Labute approximate surface area is 98.1 Å². The molecule has 1 aliphatic rings. The van der Waals surface area contributed by atoms with Crippen molar-refractivity contribution in [2.45, 2.75) is 32.1 Å². The number of aromatic carboxylic acids is 1. The topological polar surface area (TPSA) is 54.4 Å². The average molecular weight is 238 g/mol. The fourth-order valence-corrected chi connectivity index (χ4v) is 3.21. The summed E-state index contributed by atoms with van der Waals surface area (Å²) in [6.07, 6.45) is 6.41. The Bertz CT molecular complexity index is 402. The predicted octanol–water partition coefficient (Wildman–Crippen LogP) is 2.99. The first-order valence-electron chi connectivity index (χ1n) is 5.52. The molecule has 4 heteroatoms. The maximum Gasteiger partial charge on any atom is 0.346 e. The lowest BCUT2D eigenvalue weighted by molar-refractivity contribution is 0.0701. The predicted molar refractivity (Wildman–Crippen MR) is 62.3 cm³/mol. The second-order valence-electron chi connectivity index (χ2n) is 4.28. The SMILES string of the molecule is O=Cc1cc(CC2CCCC2)c(C(=O)O)s1. The monoisotopic (exact) mass is 238 g/mol. The lowest BCUT2D eigenvalue weighted by Crippen LogP contribution is -2.03. The van der Waals surface area contributed by atoms with Gasteiger partial charge in [0.05, 0.1) is 4.88 Å². The van der Waals surface area contributed by atoms with E-state index in [1.54, 1.807) is 6.07 Å². The minimum Gasteiger partial charge on any atom is -0.477 e. The summed E-state index contributed by atoms with van der Waals surface area (Å²) in [6.45, 7) is 0. The van der Waals surface area contributed by atoms with Gasteiger partial charge in [-0.15, -0.1) is 11.3 Å². The summed E-state index contributed by atoms with van der Waals surface area (Å²) >= 11 is 1.08. The van der Waals surface area contributed by atoms with Crippen molar-refractivity contribution in [2.75, 3.05) is 0 Å². The summed E-state index contributed by atoms with van der Waals surface area (Å²) in [5.41, 5.74) is 0.839. The molecule has 2 rings (SSSR count).